The summed E-state index contributed by atoms with van der Waals surface area (Å²) in [4.78, 5) is 14.6. The molecule has 28 heavy (non-hydrogen) atoms. The smallest absolute Gasteiger partial charge is 0.286 e. The van der Waals surface area contributed by atoms with E-state index in [-0.39, 0.29) is 5.91 Å². The molecule has 0 radical (unpaired) electrons. The number of aryl methyl sites for hydroxylation is 1. The fourth-order valence-electron chi connectivity index (χ4n) is 3.19. The second-order valence-corrected chi connectivity index (χ2v) is 7.01. The van der Waals surface area contributed by atoms with E-state index in [2.05, 4.69) is 29.3 Å². The molecular formula is C22H30N2O4. The number of morpholine rings is 1. The van der Waals surface area contributed by atoms with Gasteiger partial charge in [-0.05, 0) is 49.2 Å². The molecule has 1 aromatic carbocycles. The number of carbonyl (C=O) groups is 1. The summed E-state index contributed by atoms with van der Waals surface area (Å²) < 4.78 is 16.7. The van der Waals surface area contributed by atoms with Crippen LogP contribution in [-0.4, -0.2) is 50.2 Å². The number of furan rings is 1. The Bertz CT molecular complexity index is 720. The summed E-state index contributed by atoms with van der Waals surface area (Å²) in [5.41, 5.74) is 1.31. The van der Waals surface area contributed by atoms with Crippen molar-refractivity contribution in [2.45, 2.75) is 32.8 Å². The highest BCUT2D eigenvalue weighted by Gasteiger charge is 2.12. The van der Waals surface area contributed by atoms with Gasteiger partial charge in [-0.1, -0.05) is 25.5 Å². The average Bonchev–Trinajstić information content (AvgIpc) is 3.21. The van der Waals surface area contributed by atoms with Gasteiger partial charge in [-0.25, -0.2) is 0 Å². The molecule has 3 rings (SSSR count). The van der Waals surface area contributed by atoms with Crippen LogP contribution in [0.4, 0.5) is 0 Å². The van der Waals surface area contributed by atoms with E-state index < -0.39 is 0 Å². The Kier molecular flexibility index (Phi) is 7.94. The Labute approximate surface area is 166 Å². The molecule has 2 aromatic rings. The summed E-state index contributed by atoms with van der Waals surface area (Å²) in [7, 11) is 0. The maximum atomic E-state index is 12.2. The van der Waals surface area contributed by atoms with E-state index >= 15 is 0 Å². The predicted octanol–water partition coefficient (Wildman–Crippen LogP) is 3.26. The van der Waals surface area contributed by atoms with Crippen molar-refractivity contribution in [1.29, 1.82) is 0 Å². The van der Waals surface area contributed by atoms with Crippen molar-refractivity contribution in [3.63, 3.8) is 0 Å². The topological polar surface area (TPSA) is 63.9 Å². The summed E-state index contributed by atoms with van der Waals surface area (Å²) in [6.07, 6.45) is 3.12. The average molecular weight is 386 g/mol. The quantitative estimate of drug-likeness (QED) is 0.635. The number of hydrogen-bond donors (Lipinski definition) is 1. The zero-order valence-corrected chi connectivity index (χ0v) is 16.6. The number of ether oxygens (including phenoxy) is 2. The fraction of sp³-hybridized carbons (Fsp3) is 0.500. The van der Waals surface area contributed by atoms with Crippen LogP contribution in [0.3, 0.4) is 0 Å². The zero-order chi connectivity index (χ0) is 19.6. The number of hydrogen-bond acceptors (Lipinski definition) is 5. The predicted molar refractivity (Wildman–Crippen MR) is 108 cm³/mol. The van der Waals surface area contributed by atoms with Gasteiger partial charge in [0.25, 0.3) is 5.91 Å². The Morgan fingerprint density at radius 3 is 2.68 bits per heavy atom. The molecule has 1 fully saturated rings. The summed E-state index contributed by atoms with van der Waals surface area (Å²) >= 11 is 0. The minimum atomic E-state index is -0.183. The SMILES string of the molecule is CCCc1ccc(OCc2ccc(C(=O)NCCCN3CCOCC3)o2)cc1. The van der Waals surface area contributed by atoms with E-state index in [1.54, 1.807) is 12.1 Å². The highest BCUT2D eigenvalue weighted by molar-refractivity contribution is 5.91. The molecule has 1 amide bonds. The monoisotopic (exact) mass is 386 g/mol. The lowest BCUT2D eigenvalue weighted by atomic mass is 10.1. The fourth-order valence-corrected chi connectivity index (χ4v) is 3.19. The van der Waals surface area contributed by atoms with Crippen LogP contribution in [0.25, 0.3) is 0 Å². The molecule has 0 bridgehead atoms. The van der Waals surface area contributed by atoms with Crippen LogP contribution in [0.1, 0.15) is 41.6 Å². The Morgan fingerprint density at radius 2 is 1.93 bits per heavy atom. The van der Waals surface area contributed by atoms with E-state index in [1.165, 1.54) is 5.56 Å². The first-order valence-electron chi connectivity index (χ1n) is 10.1. The van der Waals surface area contributed by atoms with Gasteiger partial charge in [0.05, 0.1) is 13.2 Å². The number of rotatable bonds is 10. The molecule has 2 heterocycles. The maximum Gasteiger partial charge on any atom is 0.286 e. The number of benzene rings is 1. The molecule has 0 atom stereocenters. The zero-order valence-electron chi connectivity index (χ0n) is 16.6. The molecule has 6 heteroatoms. The molecule has 6 nitrogen and oxygen atoms in total. The molecule has 1 aromatic heterocycles. The van der Waals surface area contributed by atoms with Crippen molar-refractivity contribution in [2.75, 3.05) is 39.4 Å². The van der Waals surface area contributed by atoms with Gasteiger partial charge >= 0.3 is 0 Å². The number of nitrogens with zero attached hydrogens (tertiary/aromatic N) is 1. The van der Waals surface area contributed by atoms with Crippen LogP contribution in [0.15, 0.2) is 40.8 Å². The lowest BCUT2D eigenvalue weighted by Crippen LogP contribution is -2.38. The van der Waals surface area contributed by atoms with Gasteiger partial charge in [0.2, 0.25) is 0 Å². The third kappa shape index (κ3) is 6.39. The highest BCUT2D eigenvalue weighted by atomic mass is 16.5. The van der Waals surface area contributed by atoms with Crippen LogP contribution < -0.4 is 10.1 Å². The molecule has 0 unspecified atom stereocenters. The molecule has 0 spiro atoms. The third-order valence-electron chi connectivity index (χ3n) is 4.77. The van der Waals surface area contributed by atoms with Crippen LogP contribution in [-0.2, 0) is 17.8 Å². The van der Waals surface area contributed by atoms with E-state index in [1.807, 2.05) is 12.1 Å². The van der Waals surface area contributed by atoms with E-state index in [9.17, 15) is 4.79 Å². The van der Waals surface area contributed by atoms with Crippen LogP contribution in [0.5, 0.6) is 5.75 Å². The van der Waals surface area contributed by atoms with Crippen LogP contribution in [0, 0.1) is 0 Å². The first-order chi connectivity index (χ1) is 13.7. The van der Waals surface area contributed by atoms with Gasteiger partial charge < -0.3 is 19.2 Å². The van der Waals surface area contributed by atoms with E-state index in [4.69, 9.17) is 13.9 Å². The van der Waals surface area contributed by atoms with Crippen molar-refractivity contribution >= 4 is 5.91 Å². The summed E-state index contributed by atoms with van der Waals surface area (Å²) in [6.45, 7) is 7.61. The van der Waals surface area contributed by atoms with E-state index in [0.717, 1.165) is 57.9 Å². The van der Waals surface area contributed by atoms with Crippen LogP contribution in [0.2, 0.25) is 0 Å². The van der Waals surface area contributed by atoms with Gasteiger partial charge in [-0.2, -0.15) is 0 Å². The lowest BCUT2D eigenvalue weighted by molar-refractivity contribution is 0.0374. The molecule has 1 saturated heterocycles. The molecule has 152 valence electrons. The van der Waals surface area contributed by atoms with Gasteiger partial charge in [0, 0.05) is 19.6 Å². The minimum Gasteiger partial charge on any atom is -0.486 e. The highest BCUT2D eigenvalue weighted by Crippen LogP contribution is 2.16. The second kappa shape index (κ2) is 10.9. The first-order valence-corrected chi connectivity index (χ1v) is 10.1. The van der Waals surface area contributed by atoms with Gasteiger partial charge in [0.1, 0.15) is 18.1 Å². The number of amides is 1. The summed E-state index contributed by atoms with van der Waals surface area (Å²) in [5, 5.41) is 2.91. The molecule has 0 saturated carbocycles. The number of nitrogens with one attached hydrogen (secondary N) is 1. The van der Waals surface area contributed by atoms with Crippen molar-refractivity contribution in [1.82, 2.24) is 10.2 Å². The van der Waals surface area contributed by atoms with Crippen molar-refractivity contribution in [2.24, 2.45) is 0 Å². The van der Waals surface area contributed by atoms with Crippen LogP contribution >= 0.6 is 0 Å². The normalized spacial score (nSPS) is 14.8. The standard InChI is InChI=1S/C22H30N2O4/c1-2-4-18-5-7-19(8-6-18)27-17-20-9-10-21(28-20)22(25)23-11-3-12-24-13-15-26-16-14-24/h5-10H,2-4,11-17H2,1H3,(H,23,25). The summed E-state index contributed by atoms with van der Waals surface area (Å²) in [5.74, 6) is 1.57. The molecule has 0 aliphatic carbocycles. The second-order valence-electron chi connectivity index (χ2n) is 7.01. The Hall–Kier alpha value is -2.31. The minimum absolute atomic E-state index is 0.183. The largest absolute Gasteiger partial charge is 0.486 e. The Balaban J connectivity index is 1.37. The molecular weight excluding hydrogens is 356 g/mol. The Morgan fingerprint density at radius 1 is 1.14 bits per heavy atom. The third-order valence-corrected chi connectivity index (χ3v) is 4.77. The van der Waals surface area contributed by atoms with E-state index in [0.29, 0.717) is 24.7 Å². The first kappa shape index (κ1) is 20.4. The molecule has 1 aliphatic rings. The number of carbonyl (C=O) groups excluding carboxylic acids is 1. The molecule has 1 N–H and O–H groups in total. The van der Waals surface area contributed by atoms with Crippen molar-refractivity contribution in [3.05, 3.63) is 53.5 Å². The van der Waals surface area contributed by atoms with Gasteiger partial charge in [-0.3, -0.25) is 9.69 Å². The maximum absolute atomic E-state index is 12.2. The van der Waals surface area contributed by atoms with Gasteiger partial charge in [-0.15, -0.1) is 0 Å². The molecule has 1 aliphatic heterocycles. The lowest BCUT2D eigenvalue weighted by Gasteiger charge is -2.26. The van der Waals surface area contributed by atoms with Crippen molar-refractivity contribution < 1.29 is 18.7 Å². The van der Waals surface area contributed by atoms with Gasteiger partial charge in [0.15, 0.2) is 5.76 Å². The van der Waals surface area contributed by atoms with Crippen molar-refractivity contribution in [3.8, 4) is 5.75 Å². The summed E-state index contributed by atoms with van der Waals surface area (Å²) in [6, 6.07) is 11.6.